The first-order valence-electron chi connectivity index (χ1n) is 7.01. The smallest absolute Gasteiger partial charge is 0.134 e. The van der Waals surface area contributed by atoms with E-state index in [2.05, 4.69) is 24.1 Å². The fourth-order valence-electron chi connectivity index (χ4n) is 2.54. The Morgan fingerprint density at radius 1 is 1.37 bits per heavy atom. The molecule has 1 aliphatic heterocycles. The van der Waals surface area contributed by atoms with Gasteiger partial charge in [0.05, 0.1) is 5.02 Å². The van der Waals surface area contributed by atoms with Crippen LogP contribution in [0, 0.1) is 0 Å². The van der Waals surface area contributed by atoms with Crippen molar-refractivity contribution < 1.29 is 5.11 Å². The summed E-state index contributed by atoms with van der Waals surface area (Å²) in [4.78, 5) is 2.52. The first kappa shape index (κ1) is 14.6. The van der Waals surface area contributed by atoms with Gasteiger partial charge in [0.25, 0.3) is 0 Å². The number of piperidine rings is 1. The predicted molar refractivity (Wildman–Crippen MR) is 79.7 cm³/mol. The Balaban J connectivity index is 1.79. The Morgan fingerprint density at radius 3 is 2.63 bits per heavy atom. The van der Waals surface area contributed by atoms with Gasteiger partial charge in [-0.05, 0) is 57.5 Å². The van der Waals surface area contributed by atoms with Crippen LogP contribution in [0.3, 0.4) is 0 Å². The van der Waals surface area contributed by atoms with Crippen LogP contribution in [0.25, 0.3) is 0 Å². The van der Waals surface area contributed by atoms with Crippen LogP contribution in [0.5, 0.6) is 5.75 Å². The summed E-state index contributed by atoms with van der Waals surface area (Å²) in [5, 5.41) is 13.4. The first-order valence-corrected chi connectivity index (χ1v) is 7.39. The molecule has 0 bridgehead atoms. The topological polar surface area (TPSA) is 35.5 Å². The predicted octanol–water partition coefficient (Wildman–Crippen LogP) is 3.01. The highest BCUT2D eigenvalue weighted by molar-refractivity contribution is 6.32. The van der Waals surface area contributed by atoms with Crippen molar-refractivity contribution in [3.8, 4) is 5.75 Å². The monoisotopic (exact) mass is 282 g/mol. The van der Waals surface area contributed by atoms with E-state index in [1.165, 1.54) is 25.9 Å². The normalized spacial score (nSPS) is 18.1. The maximum atomic E-state index is 9.38. The van der Waals surface area contributed by atoms with E-state index in [1.807, 2.05) is 12.1 Å². The minimum absolute atomic E-state index is 0.149. The molecule has 0 radical (unpaired) electrons. The summed E-state index contributed by atoms with van der Waals surface area (Å²) in [6.07, 6.45) is 2.40. The second-order valence-electron chi connectivity index (χ2n) is 5.57. The molecule has 0 saturated carbocycles. The van der Waals surface area contributed by atoms with Crippen molar-refractivity contribution in [2.75, 3.05) is 13.1 Å². The molecule has 106 valence electrons. The van der Waals surface area contributed by atoms with E-state index in [0.717, 1.165) is 12.1 Å². The van der Waals surface area contributed by atoms with Crippen molar-refractivity contribution in [3.05, 3.63) is 28.8 Å². The number of halogens is 1. The third-order valence-electron chi connectivity index (χ3n) is 3.87. The number of hydrogen-bond donors (Lipinski definition) is 2. The number of phenolic OH excluding ortho intramolecular Hbond substituents is 1. The molecule has 4 heteroatoms. The molecule has 1 fully saturated rings. The lowest BCUT2D eigenvalue weighted by atomic mass is 10.0. The van der Waals surface area contributed by atoms with Crippen molar-refractivity contribution >= 4 is 11.6 Å². The molecular formula is C15H23ClN2O. The molecule has 0 aromatic heterocycles. The van der Waals surface area contributed by atoms with Gasteiger partial charge in [0.1, 0.15) is 5.75 Å². The van der Waals surface area contributed by atoms with E-state index in [-0.39, 0.29) is 5.75 Å². The van der Waals surface area contributed by atoms with Gasteiger partial charge < -0.3 is 15.3 Å². The largest absolute Gasteiger partial charge is 0.506 e. The minimum atomic E-state index is 0.149. The molecule has 19 heavy (non-hydrogen) atoms. The Kier molecular flexibility index (Phi) is 5.08. The lowest BCUT2D eigenvalue weighted by Gasteiger charge is -2.35. The molecule has 0 amide bonds. The fraction of sp³-hybridized carbons (Fsp3) is 0.600. The van der Waals surface area contributed by atoms with Crippen LogP contribution in [0.1, 0.15) is 32.3 Å². The zero-order valence-corrected chi connectivity index (χ0v) is 12.5. The zero-order valence-electron chi connectivity index (χ0n) is 11.7. The zero-order chi connectivity index (χ0) is 13.8. The minimum Gasteiger partial charge on any atom is -0.506 e. The Morgan fingerprint density at radius 2 is 2.05 bits per heavy atom. The Hall–Kier alpha value is -0.770. The van der Waals surface area contributed by atoms with Crippen LogP contribution in [-0.2, 0) is 6.54 Å². The average molecular weight is 283 g/mol. The number of phenols is 1. The quantitative estimate of drug-likeness (QED) is 0.891. The molecular weight excluding hydrogens is 260 g/mol. The summed E-state index contributed by atoms with van der Waals surface area (Å²) in [5.41, 5.74) is 1.12. The lowest BCUT2D eigenvalue weighted by molar-refractivity contribution is 0.161. The van der Waals surface area contributed by atoms with Gasteiger partial charge in [-0.2, -0.15) is 0 Å². The van der Waals surface area contributed by atoms with Gasteiger partial charge in [0.15, 0.2) is 0 Å². The van der Waals surface area contributed by atoms with Gasteiger partial charge in [-0.1, -0.05) is 17.7 Å². The highest BCUT2D eigenvalue weighted by Crippen LogP contribution is 2.23. The molecule has 1 aromatic carbocycles. The highest BCUT2D eigenvalue weighted by Gasteiger charge is 2.20. The van der Waals surface area contributed by atoms with Gasteiger partial charge in [-0.25, -0.2) is 0 Å². The number of rotatable bonds is 4. The number of benzene rings is 1. The van der Waals surface area contributed by atoms with Crippen molar-refractivity contribution in [2.24, 2.45) is 0 Å². The molecule has 2 rings (SSSR count). The standard InChI is InChI=1S/C15H23ClN2O/c1-11(2)18-7-5-13(6-8-18)17-10-12-3-4-15(19)14(16)9-12/h3-4,9,11,13,17,19H,5-8,10H2,1-2H3. The van der Waals surface area contributed by atoms with E-state index in [9.17, 15) is 5.11 Å². The SMILES string of the molecule is CC(C)N1CCC(NCc2ccc(O)c(Cl)c2)CC1. The first-order chi connectivity index (χ1) is 9.06. The van der Waals surface area contributed by atoms with Crippen LogP contribution >= 0.6 is 11.6 Å². The summed E-state index contributed by atoms with van der Waals surface area (Å²) < 4.78 is 0. The maximum absolute atomic E-state index is 9.38. The molecule has 3 nitrogen and oxygen atoms in total. The number of aromatic hydroxyl groups is 1. The lowest BCUT2D eigenvalue weighted by Crippen LogP contribution is -2.44. The van der Waals surface area contributed by atoms with E-state index in [4.69, 9.17) is 11.6 Å². The molecule has 0 unspecified atom stereocenters. The van der Waals surface area contributed by atoms with Crippen LogP contribution in [-0.4, -0.2) is 35.2 Å². The molecule has 0 atom stereocenters. The fourth-order valence-corrected chi connectivity index (χ4v) is 2.75. The number of likely N-dealkylation sites (tertiary alicyclic amines) is 1. The van der Waals surface area contributed by atoms with Gasteiger partial charge in [0.2, 0.25) is 0 Å². The van der Waals surface area contributed by atoms with Crippen molar-refractivity contribution in [3.63, 3.8) is 0 Å². The number of nitrogens with one attached hydrogen (secondary N) is 1. The summed E-state index contributed by atoms with van der Waals surface area (Å²) >= 11 is 5.90. The van der Waals surface area contributed by atoms with E-state index in [0.29, 0.717) is 17.1 Å². The average Bonchev–Trinajstić information content (AvgIpc) is 2.40. The molecule has 1 aromatic rings. The Bertz CT molecular complexity index is 415. The second-order valence-corrected chi connectivity index (χ2v) is 5.98. The van der Waals surface area contributed by atoms with Crippen LogP contribution in [0.2, 0.25) is 5.02 Å². The van der Waals surface area contributed by atoms with Gasteiger partial charge >= 0.3 is 0 Å². The molecule has 1 saturated heterocycles. The summed E-state index contributed by atoms with van der Waals surface area (Å²) in [6.45, 7) is 7.67. The molecule has 1 aliphatic rings. The van der Waals surface area contributed by atoms with Crippen molar-refractivity contribution in [1.82, 2.24) is 10.2 Å². The van der Waals surface area contributed by atoms with E-state index >= 15 is 0 Å². The Labute approximate surface area is 120 Å². The maximum Gasteiger partial charge on any atom is 0.134 e. The summed E-state index contributed by atoms with van der Waals surface area (Å²) in [6, 6.07) is 6.63. The van der Waals surface area contributed by atoms with Gasteiger partial charge in [0, 0.05) is 18.6 Å². The molecule has 1 heterocycles. The number of hydrogen-bond acceptors (Lipinski definition) is 3. The molecule has 2 N–H and O–H groups in total. The summed E-state index contributed by atoms with van der Waals surface area (Å²) in [7, 11) is 0. The van der Waals surface area contributed by atoms with E-state index in [1.54, 1.807) is 6.07 Å². The second kappa shape index (κ2) is 6.60. The van der Waals surface area contributed by atoms with E-state index < -0.39 is 0 Å². The van der Waals surface area contributed by atoms with Crippen molar-refractivity contribution in [2.45, 2.75) is 45.3 Å². The highest BCUT2D eigenvalue weighted by atomic mass is 35.5. The molecule has 0 aliphatic carbocycles. The number of nitrogens with zero attached hydrogens (tertiary/aromatic N) is 1. The molecule has 0 spiro atoms. The third kappa shape index (κ3) is 4.10. The van der Waals surface area contributed by atoms with Crippen LogP contribution in [0.15, 0.2) is 18.2 Å². The van der Waals surface area contributed by atoms with Gasteiger partial charge in [-0.15, -0.1) is 0 Å². The van der Waals surface area contributed by atoms with Crippen molar-refractivity contribution in [1.29, 1.82) is 0 Å². The van der Waals surface area contributed by atoms with Crippen LogP contribution < -0.4 is 5.32 Å². The van der Waals surface area contributed by atoms with Crippen LogP contribution in [0.4, 0.5) is 0 Å². The van der Waals surface area contributed by atoms with Gasteiger partial charge in [-0.3, -0.25) is 0 Å². The third-order valence-corrected chi connectivity index (χ3v) is 4.17. The summed E-state index contributed by atoms with van der Waals surface area (Å²) in [5.74, 6) is 0.149.